The molecule has 70 valence electrons. The number of rotatable bonds is 0. The summed E-state index contributed by atoms with van der Waals surface area (Å²) in [7, 11) is 0. The highest BCUT2D eigenvalue weighted by Crippen LogP contribution is 1.73. The van der Waals surface area contributed by atoms with Gasteiger partial charge in [-0.1, -0.05) is 0 Å². The van der Waals surface area contributed by atoms with Crippen LogP contribution in [0.3, 0.4) is 0 Å². The van der Waals surface area contributed by atoms with E-state index in [0.717, 1.165) is 39.4 Å². The Hall–Kier alpha value is -0.450. The van der Waals surface area contributed by atoms with Crippen molar-refractivity contribution in [1.82, 2.24) is 16.0 Å². The van der Waals surface area contributed by atoms with Crippen molar-refractivity contribution in [1.29, 1.82) is 0 Å². The average molecular weight is 170 g/mol. The van der Waals surface area contributed by atoms with E-state index in [9.17, 15) is 0 Å². The molecule has 0 aliphatic carbocycles. The number of hydrogen-bond acceptors (Lipinski definition) is 4. The quantitative estimate of drug-likeness (QED) is 0.445. The van der Waals surface area contributed by atoms with E-state index in [1.807, 2.05) is 6.21 Å². The minimum atomic E-state index is 0.739. The van der Waals surface area contributed by atoms with Crippen LogP contribution in [0.4, 0.5) is 0 Å². The van der Waals surface area contributed by atoms with Gasteiger partial charge >= 0.3 is 0 Å². The van der Waals surface area contributed by atoms with Gasteiger partial charge in [-0.05, 0) is 19.5 Å². The molecule has 0 radical (unpaired) electrons. The lowest BCUT2D eigenvalue weighted by molar-refractivity contribution is 0.584. The highest BCUT2D eigenvalue weighted by atomic mass is 15.0. The normalized spacial score (nSPS) is 22.7. The summed E-state index contributed by atoms with van der Waals surface area (Å²) in [6, 6.07) is 0. The zero-order valence-electron chi connectivity index (χ0n) is 7.47. The molecule has 0 unspecified atom stereocenters. The molecule has 0 atom stereocenters. The third-order valence-electron chi connectivity index (χ3n) is 1.75. The number of hydrogen-bond donors (Lipinski definition) is 3. The zero-order chi connectivity index (χ0) is 8.49. The van der Waals surface area contributed by atoms with Gasteiger partial charge in [-0.2, -0.15) is 0 Å². The van der Waals surface area contributed by atoms with E-state index >= 15 is 0 Å². The fraction of sp³-hybridized carbons (Fsp3) is 0.875. The lowest BCUT2D eigenvalue weighted by Crippen LogP contribution is -2.31. The Morgan fingerprint density at radius 3 is 2.75 bits per heavy atom. The Morgan fingerprint density at radius 1 is 0.917 bits per heavy atom. The first-order chi connectivity index (χ1) is 6.00. The van der Waals surface area contributed by atoms with Gasteiger partial charge in [0.1, 0.15) is 0 Å². The standard InChI is InChI=1S/C8H18N4/c1-2-9-4-6-11-8-12-7-5-10-3-1/h6,9-10,12H,1-5,7-8H2. The molecule has 1 rings (SSSR count). The summed E-state index contributed by atoms with van der Waals surface area (Å²) in [5, 5.41) is 9.85. The SMILES string of the molecule is C1=NCNCCNCCCNC1. The highest BCUT2D eigenvalue weighted by molar-refractivity contribution is 5.59. The van der Waals surface area contributed by atoms with Gasteiger partial charge in [-0.3, -0.25) is 10.3 Å². The van der Waals surface area contributed by atoms with Gasteiger partial charge in [0.25, 0.3) is 0 Å². The minimum absolute atomic E-state index is 0.739. The van der Waals surface area contributed by atoms with Crippen molar-refractivity contribution in [2.24, 2.45) is 4.99 Å². The third kappa shape index (κ3) is 5.23. The molecule has 0 aromatic heterocycles. The number of nitrogens with one attached hydrogen (secondary N) is 3. The summed E-state index contributed by atoms with van der Waals surface area (Å²) in [5.41, 5.74) is 0. The van der Waals surface area contributed by atoms with E-state index in [-0.39, 0.29) is 0 Å². The van der Waals surface area contributed by atoms with Crippen molar-refractivity contribution in [2.45, 2.75) is 6.42 Å². The van der Waals surface area contributed by atoms with Crippen LogP contribution < -0.4 is 16.0 Å². The van der Waals surface area contributed by atoms with Crippen molar-refractivity contribution in [3.8, 4) is 0 Å². The molecular formula is C8H18N4. The lowest BCUT2D eigenvalue weighted by Gasteiger charge is -2.06. The van der Waals surface area contributed by atoms with Gasteiger partial charge in [0.05, 0.1) is 6.67 Å². The molecule has 4 nitrogen and oxygen atoms in total. The van der Waals surface area contributed by atoms with E-state index in [1.54, 1.807) is 0 Å². The van der Waals surface area contributed by atoms with Crippen molar-refractivity contribution in [3.63, 3.8) is 0 Å². The third-order valence-corrected chi connectivity index (χ3v) is 1.75. The van der Waals surface area contributed by atoms with E-state index in [1.165, 1.54) is 6.42 Å². The van der Waals surface area contributed by atoms with Crippen LogP contribution in [-0.2, 0) is 0 Å². The topological polar surface area (TPSA) is 48.5 Å². The smallest absolute Gasteiger partial charge is 0.0881 e. The average Bonchev–Trinajstić information content (AvgIpc) is 2.05. The Labute approximate surface area is 73.8 Å². The number of nitrogens with zero attached hydrogens (tertiary/aromatic N) is 1. The van der Waals surface area contributed by atoms with Crippen molar-refractivity contribution in [3.05, 3.63) is 0 Å². The molecule has 3 N–H and O–H groups in total. The molecule has 0 saturated carbocycles. The Bertz CT molecular complexity index is 110. The molecule has 0 bridgehead atoms. The van der Waals surface area contributed by atoms with E-state index in [0.29, 0.717) is 0 Å². The lowest BCUT2D eigenvalue weighted by atomic mass is 10.4. The van der Waals surface area contributed by atoms with Gasteiger partial charge in [-0.15, -0.1) is 0 Å². The van der Waals surface area contributed by atoms with Gasteiger partial charge < -0.3 is 10.6 Å². The highest BCUT2D eigenvalue weighted by Gasteiger charge is 1.89. The molecule has 0 saturated heterocycles. The molecule has 0 fully saturated rings. The van der Waals surface area contributed by atoms with E-state index < -0.39 is 0 Å². The predicted molar refractivity (Wildman–Crippen MR) is 51.7 cm³/mol. The van der Waals surface area contributed by atoms with Crippen LogP contribution in [0.25, 0.3) is 0 Å². The molecular weight excluding hydrogens is 152 g/mol. The van der Waals surface area contributed by atoms with Crippen molar-refractivity contribution in [2.75, 3.05) is 39.4 Å². The van der Waals surface area contributed by atoms with Crippen molar-refractivity contribution >= 4 is 6.21 Å². The van der Waals surface area contributed by atoms with Gasteiger partial charge in [0, 0.05) is 25.8 Å². The molecule has 4 heteroatoms. The van der Waals surface area contributed by atoms with Gasteiger partial charge in [-0.25, -0.2) is 0 Å². The van der Waals surface area contributed by atoms with Crippen LogP contribution >= 0.6 is 0 Å². The van der Waals surface area contributed by atoms with E-state index in [4.69, 9.17) is 0 Å². The maximum atomic E-state index is 4.18. The summed E-state index contributed by atoms with van der Waals surface area (Å²) < 4.78 is 0. The van der Waals surface area contributed by atoms with Crippen LogP contribution in [0.2, 0.25) is 0 Å². The largest absolute Gasteiger partial charge is 0.315 e. The van der Waals surface area contributed by atoms with Gasteiger partial charge in [0.2, 0.25) is 0 Å². The predicted octanol–water partition coefficient (Wildman–Crippen LogP) is -0.813. The maximum absolute atomic E-state index is 4.18. The first-order valence-electron chi connectivity index (χ1n) is 4.60. The van der Waals surface area contributed by atoms with E-state index in [2.05, 4.69) is 20.9 Å². The summed E-state index contributed by atoms with van der Waals surface area (Å²) >= 11 is 0. The Morgan fingerprint density at radius 2 is 1.75 bits per heavy atom. The molecule has 0 aromatic carbocycles. The summed E-state index contributed by atoms with van der Waals surface area (Å²) in [4.78, 5) is 4.18. The molecule has 0 amide bonds. The molecule has 1 aliphatic rings. The fourth-order valence-corrected chi connectivity index (χ4v) is 1.08. The fourth-order valence-electron chi connectivity index (χ4n) is 1.08. The summed E-state index contributed by atoms with van der Waals surface area (Å²) in [5.74, 6) is 0. The molecule has 0 aromatic rings. The molecule has 1 aliphatic heterocycles. The van der Waals surface area contributed by atoms with Crippen LogP contribution in [0, 0.1) is 0 Å². The first-order valence-corrected chi connectivity index (χ1v) is 4.60. The molecule has 1 heterocycles. The first kappa shape index (κ1) is 9.64. The Balaban J connectivity index is 2.10. The summed E-state index contributed by atoms with van der Waals surface area (Å²) in [6.07, 6.45) is 3.12. The van der Waals surface area contributed by atoms with Crippen LogP contribution in [-0.4, -0.2) is 45.6 Å². The monoisotopic (exact) mass is 170 g/mol. The zero-order valence-corrected chi connectivity index (χ0v) is 7.47. The minimum Gasteiger partial charge on any atom is -0.315 e. The number of aliphatic imine (C=N–C) groups is 1. The van der Waals surface area contributed by atoms with Crippen molar-refractivity contribution < 1.29 is 0 Å². The second kappa shape index (κ2) is 7.21. The second-order valence-corrected chi connectivity index (χ2v) is 2.83. The van der Waals surface area contributed by atoms with Crippen LogP contribution in [0.5, 0.6) is 0 Å². The second-order valence-electron chi connectivity index (χ2n) is 2.83. The molecule has 0 spiro atoms. The van der Waals surface area contributed by atoms with Crippen LogP contribution in [0.15, 0.2) is 4.99 Å². The van der Waals surface area contributed by atoms with Crippen LogP contribution in [0.1, 0.15) is 6.42 Å². The molecule has 12 heavy (non-hydrogen) atoms. The van der Waals surface area contributed by atoms with Gasteiger partial charge in [0.15, 0.2) is 0 Å². The Kier molecular flexibility index (Phi) is 5.79. The summed E-state index contributed by atoms with van der Waals surface area (Å²) in [6.45, 7) is 5.85. The maximum Gasteiger partial charge on any atom is 0.0881 e.